The number of pyridine rings is 1. The van der Waals surface area contributed by atoms with Crippen molar-refractivity contribution in [2.24, 2.45) is 5.73 Å². The summed E-state index contributed by atoms with van der Waals surface area (Å²) in [6.07, 6.45) is -4.70. The molecule has 0 fully saturated rings. The summed E-state index contributed by atoms with van der Waals surface area (Å²) >= 11 is 0.587. The standard InChI is InChI=1S/C14H9F3N6O4S/c1-4-2-6(14(15,16)17)19-13-8(4)9(10(28-13)11(18)24)20-12(25)5-3-7(22-21-5)23(26)27/h2-3H,1H3,(H2,18,24)(H,20,25)(H,21,22). The number of rotatable bonds is 4. The predicted molar refractivity (Wildman–Crippen MR) is 91.1 cm³/mol. The molecule has 0 saturated heterocycles. The van der Waals surface area contributed by atoms with Crippen LogP contribution in [0.2, 0.25) is 0 Å². The number of amides is 2. The van der Waals surface area contributed by atoms with Crippen molar-refractivity contribution in [1.29, 1.82) is 0 Å². The number of nitrogens with zero attached hydrogens (tertiary/aromatic N) is 3. The summed E-state index contributed by atoms with van der Waals surface area (Å²) < 4.78 is 38.9. The van der Waals surface area contributed by atoms with Gasteiger partial charge in [0.15, 0.2) is 5.69 Å². The Morgan fingerprint density at radius 2 is 2.04 bits per heavy atom. The van der Waals surface area contributed by atoms with E-state index in [4.69, 9.17) is 5.73 Å². The van der Waals surface area contributed by atoms with Gasteiger partial charge in [-0.3, -0.25) is 9.59 Å². The van der Waals surface area contributed by atoms with Gasteiger partial charge in [-0.1, -0.05) is 5.10 Å². The van der Waals surface area contributed by atoms with Crippen LogP contribution in [0.4, 0.5) is 24.7 Å². The van der Waals surface area contributed by atoms with Crippen LogP contribution in [0.3, 0.4) is 0 Å². The number of carbonyl (C=O) groups is 2. The lowest BCUT2D eigenvalue weighted by atomic mass is 10.1. The number of aryl methyl sites for hydroxylation is 1. The number of primary amides is 1. The highest BCUT2D eigenvalue weighted by Gasteiger charge is 2.34. The fraction of sp³-hybridized carbons (Fsp3) is 0.143. The number of nitrogens with one attached hydrogen (secondary N) is 2. The Balaban J connectivity index is 2.10. The average molecular weight is 414 g/mol. The van der Waals surface area contributed by atoms with Gasteiger partial charge in [0.05, 0.1) is 11.8 Å². The highest BCUT2D eigenvalue weighted by Crippen LogP contribution is 2.39. The zero-order valence-corrected chi connectivity index (χ0v) is 14.6. The Kier molecular flexibility index (Phi) is 4.50. The SMILES string of the molecule is Cc1cc(C(F)(F)F)nc2sc(C(N)=O)c(NC(=O)c3cc([N+](=O)[O-])[nH]n3)c12. The van der Waals surface area contributed by atoms with Gasteiger partial charge in [-0.15, -0.1) is 16.4 Å². The summed E-state index contributed by atoms with van der Waals surface area (Å²) in [6.45, 7) is 1.35. The minimum atomic E-state index is -4.70. The number of nitro groups is 1. The predicted octanol–water partition coefficient (Wildman–Crippen LogP) is 2.61. The van der Waals surface area contributed by atoms with Crippen LogP contribution in [0, 0.1) is 17.0 Å². The van der Waals surface area contributed by atoms with Gasteiger partial charge in [0, 0.05) is 5.39 Å². The third-order valence-electron chi connectivity index (χ3n) is 3.61. The Hall–Kier alpha value is -3.55. The fourth-order valence-electron chi connectivity index (χ4n) is 2.42. The molecular formula is C14H9F3N6O4S. The third-order valence-corrected chi connectivity index (χ3v) is 4.70. The number of hydrogen-bond acceptors (Lipinski definition) is 7. The summed E-state index contributed by atoms with van der Waals surface area (Å²) in [5, 5.41) is 18.6. The Morgan fingerprint density at radius 1 is 1.36 bits per heavy atom. The zero-order chi connectivity index (χ0) is 20.8. The molecule has 0 aliphatic heterocycles. The van der Waals surface area contributed by atoms with E-state index in [0.717, 1.165) is 12.1 Å². The number of carbonyl (C=O) groups excluding carboxylic acids is 2. The summed E-state index contributed by atoms with van der Waals surface area (Å²) in [6, 6.07) is 1.63. The zero-order valence-electron chi connectivity index (χ0n) is 13.7. The van der Waals surface area contributed by atoms with E-state index in [-0.39, 0.29) is 32.0 Å². The number of H-pyrrole nitrogens is 1. The van der Waals surface area contributed by atoms with Crippen LogP contribution in [0.25, 0.3) is 10.2 Å². The van der Waals surface area contributed by atoms with Crippen LogP contribution in [0.15, 0.2) is 12.1 Å². The van der Waals surface area contributed by atoms with Crippen molar-refractivity contribution in [3.05, 3.63) is 44.1 Å². The van der Waals surface area contributed by atoms with Crippen molar-refractivity contribution in [2.45, 2.75) is 13.1 Å². The molecule has 10 nitrogen and oxygen atoms in total. The Labute approximate surface area is 156 Å². The molecule has 14 heteroatoms. The number of nitrogens with two attached hydrogens (primary N) is 1. The molecule has 0 radical (unpaired) electrons. The second-order valence-corrected chi connectivity index (χ2v) is 6.52. The maximum Gasteiger partial charge on any atom is 0.433 e. The molecule has 0 spiro atoms. The molecule has 3 heterocycles. The lowest BCUT2D eigenvalue weighted by molar-refractivity contribution is -0.389. The number of hydrogen-bond donors (Lipinski definition) is 3. The van der Waals surface area contributed by atoms with Crippen LogP contribution >= 0.6 is 11.3 Å². The molecule has 4 N–H and O–H groups in total. The summed E-state index contributed by atoms with van der Waals surface area (Å²) in [4.78, 5) is 37.1. The van der Waals surface area contributed by atoms with Crippen LogP contribution < -0.4 is 11.1 Å². The Bertz CT molecular complexity index is 1140. The molecule has 146 valence electrons. The van der Waals surface area contributed by atoms with E-state index in [9.17, 15) is 32.9 Å². The number of halogens is 3. The van der Waals surface area contributed by atoms with E-state index in [2.05, 4.69) is 15.4 Å². The maximum atomic E-state index is 13.0. The molecule has 2 amide bonds. The summed E-state index contributed by atoms with van der Waals surface area (Å²) in [5.74, 6) is -2.45. The molecular weight excluding hydrogens is 405 g/mol. The first-order valence-corrected chi connectivity index (χ1v) is 8.13. The summed E-state index contributed by atoms with van der Waals surface area (Å²) in [7, 11) is 0. The van der Waals surface area contributed by atoms with Gasteiger partial charge in [-0.05, 0) is 23.5 Å². The van der Waals surface area contributed by atoms with Crippen molar-refractivity contribution in [3.63, 3.8) is 0 Å². The van der Waals surface area contributed by atoms with Gasteiger partial charge in [0.25, 0.3) is 11.8 Å². The summed E-state index contributed by atoms with van der Waals surface area (Å²) in [5.41, 5.74) is 3.71. The van der Waals surface area contributed by atoms with Gasteiger partial charge in [-0.2, -0.15) is 13.2 Å². The number of alkyl halides is 3. The van der Waals surface area contributed by atoms with E-state index < -0.39 is 34.4 Å². The number of anilines is 1. The molecule has 0 aliphatic carbocycles. The Morgan fingerprint density at radius 3 is 2.57 bits per heavy atom. The largest absolute Gasteiger partial charge is 0.433 e. The van der Waals surface area contributed by atoms with Crippen LogP contribution in [0.1, 0.15) is 31.4 Å². The maximum absolute atomic E-state index is 13.0. The molecule has 0 saturated carbocycles. The molecule has 0 aliphatic rings. The second-order valence-electron chi connectivity index (χ2n) is 5.52. The van der Waals surface area contributed by atoms with Crippen molar-refractivity contribution < 1.29 is 27.7 Å². The van der Waals surface area contributed by atoms with Crippen LogP contribution in [0.5, 0.6) is 0 Å². The molecule has 0 bridgehead atoms. The van der Waals surface area contributed by atoms with Crippen molar-refractivity contribution in [3.8, 4) is 0 Å². The quantitative estimate of drug-likeness (QED) is 0.440. The highest BCUT2D eigenvalue weighted by molar-refractivity contribution is 7.21. The number of aromatic amines is 1. The molecule has 3 aromatic heterocycles. The second kappa shape index (κ2) is 6.56. The molecule has 0 aromatic carbocycles. The smallest absolute Gasteiger partial charge is 0.365 e. The molecule has 0 unspecified atom stereocenters. The van der Waals surface area contributed by atoms with E-state index in [1.807, 2.05) is 5.10 Å². The average Bonchev–Trinajstić information content (AvgIpc) is 3.19. The third kappa shape index (κ3) is 3.36. The van der Waals surface area contributed by atoms with Gasteiger partial charge in [0.1, 0.15) is 15.4 Å². The number of fused-ring (bicyclic) bond motifs is 1. The fourth-order valence-corrected chi connectivity index (χ4v) is 3.48. The van der Waals surface area contributed by atoms with Crippen LogP contribution in [-0.4, -0.2) is 31.9 Å². The normalized spacial score (nSPS) is 11.6. The number of aromatic nitrogens is 3. The van der Waals surface area contributed by atoms with E-state index >= 15 is 0 Å². The van der Waals surface area contributed by atoms with Gasteiger partial charge in [0.2, 0.25) is 0 Å². The first-order chi connectivity index (χ1) is 13.0. The minimum absolute atomic E-state index is 0.101. The monoisotopic (exact) mass is 414 g/mol. The van der Waals surface area contributed by atoms with Crippen LogP contribution in [-0.2, 0) is 6.18 Å². The first-order valence-electron chi connectivity index (χ1n) is 7.31. The van der Waals surface area contributed by atoms with E-state index in [0.29, 0.717) is 11.3 Å². The number of thiophene rings is 1. The van der Waals surface area contributed by atoms with Crippen molar-refractivity contribution in [2.75, 3.05) is 5.32 Å². The van der Waals surface area contributed by atoms with Crippen molar-refractivity contribution >= 4 is 44.9 Å². The molecule has 0 atom stereocenters. The van der Waals surface area contributed by atoms with Gasteiger partial charge < -0.3 is 21.2 Å². The van der Waals surface area contributed by atoms with E-state index in [1.165, 1.54) is 6.92 Å². The molecule has 28 heavy (non-hydrogen) atoms. The van der Waals surface area contributed by atoms with Crippen molar-refractivity contribution in [1.82, 2.24) is 15.2 Å². The highest BCUT2D eigenvalue weighted by atomic mass is 32.1. The molecule has 3 rings (SSSR count). The minimum Gasteiger partial charge on any atom is -0.365 e. The topological polar surface area (TPSA) is 157 Å². The lowest BCUT2D eigenvalue weighted by Crippen LogP contribution is -2.17. The van der Waals surface area contributed by atoms with Gasteiger partial charge in [-0.25, -0.2) is 4.98 Å². The van der Waals surface area contributed by atoms with E-state index in [1.54, 1.807) is 0 Å². The lowest BCUT2D eigenvalue weighted by Gasteiger charge is -2.09. The first kappa shape index (κ1) is 19.2. The van der Waals surface area contributed by atoms with Gasteiger partial charge >= 0.3 is 12.0 Å². The molecule has 3 aromatic rings.